The van der Waals surface area contributed by atoms with E-state index < -0.39 is 35.7 Å². The van der Waals surface area contributed by atoms with Crippen molar-refractivity contribution in [3.8, 4) is 0 Å². The number of nitrogens with one attached hydrogen (secondary N) is 1. The van der Waals surface area contributed by atoms with Gasteiger partial charge in [-0.25, -0.2) is 19.3 Å². The Kier molecular flexibility index (Phi) is 9.86. The maximum atomic E-state index is 16.4. The van der Waals surface area contributed by atoms with Gasteiger partial charge in [-0.15, -0.1) is 0 Å². The number of nitrogens with zero attached hydrogens (tertiary/aromatic N) is 4. The second-order valence-corrected chi connectivity index (χ2v) is 14.1. The number of imidazole rings is 1. The van der Waals surface area contributed by atoms with Gasteiger partial charge in [-0.2, -0.15) is 0 Å². The second kappa shape index (κ2) is 15.5. The largest absolute Gasteiger partial charge is 0.387 e. The van der Waals surface area contributed by atoms with Crippen LogP contribution in [0.4, 0.5) is 10.2 Å². The van der Waals surface area contributed by atoms with E-state index >= 15 is 4.39 Å². The molecule has 0 bridgehead atoms. The first-order valence-electron chi connectivity index (χ1n) is 19.0. The van der Waals surface area contributed by atoms with E-state index in [1.165, 1.54) is 17.2 Å². The topological polar surface area (TPSA) is 94.3 Å². The summed E-state index contributed by atoms with van der Waals surface area (Å²) in [7, 11) is 0. The van der Waals surface area contributed by atoms with Crippen LogP contribution in [-0.2, 0) is 20.6 Å². The van der Waals surface area contributed by atoms with Crippen LogP contribution in [-0.4, -0.2) is 49.6 Å². The fraction of sp³-hybridized carbons (Fsp3) is 0.146. The SMILES string of the molecule is O[C@H]1[C@H](F)[C@H](n2cnc3c(NC(c4ccccc4)(c4ccccc4)c4ccccc4)ncnc32)O[C@@H]1COC(c1ccccc1)(c1ccccc1)c1ccccc1. The maximum absolute atomic E-state index is 16.4. The molecule has 9 heteroatoms. The first kappa shape index (κ1) is 36.1. The summed E-state index contributed by atoms with van der Waals surface area (Å²) in [6, 6.07) is 60.2. The number of anilines is 1. The molecule has 1 fully saturated rings. The van der Waals surface area contributed by atoms with Crippen LogP contribution in [0.15, 0.2) is 195 Å². The molecule has 282 valence electrons. The van der Waals surface area contributed by atoms with Crippen LogP contribution < -0.4 is 5.32 Å². The van der Waals surface area contributed by atoms with Gasteiger partial charge in [0.1, 0.15) is 29.7 Å². The number of aliphatic hydroxyl groups excluding tert-OH is 1. The van der Waals surface area contributed by atoms with Crippen molar-refractivity contribution in [2.24, 2.45) is 0 Å². The van der Waals surface area contributed by atoms with Gasteiger partial charge in [-0.3, -0.25) is 4.57 Å². The van der Waals surface area contributed by atoms with Crippen LogP contribution in [0, 0.1) is 0 Å². The molecular formula is C48H40FN5O3. The zero-order valence-electron chi connectivity index (χ0n) is 30.9. The Bertz CT molecular complexity index is 2330. The van der Waals surface area contributed by atoms with E-state index in [1.54, 1.807) is 0 Å². The summed E-state index contributed by atoms with van der Waals surface area (Å²) >= 11 is 0. The Morgan fingerprint density at radius 3 is 1.46 bits per heavy atom. The van der Waals surface area contributed by atoms with E-state index in [2.05, 4.69) is 46.7 Å². The molecule has 8 aromatic rings. The Morgan fingerprint density at radius 1 is 0.596 bits per heavy atom. The quantitative estimate of drug-likeness (QED) is 0.121. The molecule has 1 aliphatic heterocycles. The van der Waals surface area contributed by atoms with Gasteiger partial charge in [0.15, 0.2) is 29.4 Å². The molecule has 0 aliphatic carbocycles. The number of hydrogen-bond acceptors (Lipinski definition) is 7. The van der Waals surface area contributed by atoms with Gasteiger partial charge < -0.3 is 19.9 Å². The van der Waals surface area contributed by atoms with Crippen LogP contribution >= 0.6 is 0 Å². The summed E-state index contributed by atoms with van der Waals surface area (Å²) in [6.45, 7) is -0.112. The zero-order valence-corrected chi connectivity index (χ0v) is 30.9. The highest BCUT2D eigenvalue weighted by Crippen LogP contribution is 2.44. The smallest absolute Gasteiger partial charge is 0.173 e. The van der Waals surface area contributed by atoms with E-state index in [-0.39, 0.29) is 6.61 Å². The van der Waals surface area contributed by atoms with Crippen LogP contribution in [0.3, 0.4) is 0 Å². The lowest BCUT2D eigenvalue weighted by molar-refractivity contribution is -0.0935. The lowest BCUT2D eigenvalue weighted by atomic mass is 9.77. The van der Waals surface area contributed by atoms with E-state index in [0.29, 0.717) is 17.0 Å². The number of fused-ring (bicyclic) bond motifs is 1. The van der Waals surface area contributed by atoms with Crippen molar-refractivity contribution in [1.29, 1.82) is 0 Å². The molecule has 0 saturated carbocycles. The Labute approximate surface area is 330 Å². The van der Waals surface area contributed by atoms with Crippen molar-refractivity contribution in [3.05, 3.63) is 228 Å². The van der Waals surface area contributed by atoms with Crippen molar-refractivity contribution >= 4 is 17.0 Å². The first-order valence-corrected chi connectivity index (χ1v) is 19.0. The van der Waals surface area contributed by atoms with Gasteiger partial charge in [0.05, 0.1) is 12.9 Å². The predicted octanol–water partition coefficient (Wildman–Crippen LogP) is 8.84. The van der Waals surface area contributed by atoms with Gasteiger partial charge in [0, 0.05) is 0 Å². The molecule has 2 N–H and O–H groups in total. The zero-order chi connectivity index (χ0) is 38.7. The molecule has 4 atom stereocenters. The first-order chi connectivity index (χ1) is 28.1. The Hall–Kier alpha value is -6.52. The maximum Gasteiger partial charge on any atom is 0.173 e. The van der Waals surface area contributed by atoms with Crippen molar-refractivity contribution in [3.63, 3.8) is 0 Å². The number of benzene rings is 6. The fourth-order valence-corrected chi connectivity index (χ4v) is 8.13. The minimum absolute atomic E-state index is 0.112. The van der Waals surface area contributed by atoms with Crippen molar-refractivity contribution in [1.82, 2.24) is 19.5 Å². The molecule has 0 spiro atoms. The van der Waals surface area contributed by atoms with E-state index in [4.69, 9.17) is 19.4 Å². The third-order valence-electron chi connectivity index (χ3n) is 10.9. The third kappa shape index (κ3) is 6.45. The average Bonchev–Trinajstić information content (AvgIpc) is 3.85. The number of halogens is 1. The summed E-state index contributed by atoms with van der Waals surface area (Å²) in [5.41, 5.74) is 4.43. The van der Waals surface area contributed by atoms with Crippen LogP contribution in [0.25, 0.3) is 11.2 Å². The summed E-state index contributed by atoms with van der Waals surface area (Å²) < 4.78 is 31.3. The highest BCUT2D eigenvalue weighted by Gasteiger charge is 2.48. The summed E-state index contributed by atoms with van der Waals surface area (Å²) in [5.74, 6) is 0.447. The molecule has 0 radical (unpaired) electrons. The molecule has 3 heterocycles. The average molecular weight is 754 g/mol. The van der Waals surface area contributed by atoms with E-state index in [9.17, 15) is 5.11 Å². The molecular weight excluding hydrogens is 714 g/mol. The molecule has 6 aromatic carbocycles. The molecule has 1 aliphatic rings. The lowest BCUT2D eigenvalue weighted by Gasteiger charge is -2.37. The Balaban J connectivity index is 1.07. The molecule has 1 saturated heterocycles. The summed E-state index contributed by atoms with van der Waals surface area (Å²) in [4.78, 5) is 14.0. The van der Waals surface area contributed by atoms with Crippen LogP contribution in [0.2, 0.25) is 0 Å². The van der Waals surface area contributed by atoms with Gasteiger partial charge in [0.2, 0.25) is 0 Å². The van der Waals surface area contributed by atoms with E-state index in [1.807, 2.05) is 146 Å². The van der Waals surface area contributed by atoms with Gasteiger partial charge in [0.25, 0.3) is 0 Å². The number of rotatable bonds is 12. The molecule has 9 rings (SSSR count). The predicted molar refractivity (Wildman–Crippen MR) is 218 cm³/mol. The highest BCUT2D eigenvalue weighted by atomic mass is 19.1. The normalized spacial score (nSPS) is 18.4. The molecule has 57 heavy (non-hydrogen) atoms. The molecule has 2 aromatic heterocycles. The molecule has 8 nitrogen and oxygen atoms in total. The van der Waals surface area contributed by atoms with Crippen LogP contribution in [0.5, 0.6) is 0 Å². The Morgan fingerprint density at radius 2 is 1.02 bits per heavy atom. The van der Waals surface area contributed by atoms with Crippen molar-refractivity contribution < 1.29 is 19.0 Å². The summed E-state index contributed by atoms with van der Waals surface area (Å²) in [5, 5.41) is 15.2. The minimum atomic E-state index is -1.81. The fourth-order valence-electron chi connectivity index (χ4n) is 8.13. The minimum Gasteiger partial charge on any atom is -0.387 e. The summed E-state index contributed by atoms with van der Waals surface area (Å²) in [6.07, 6.45) is -2.62. The van der Waals surface area contributed by atoms with Crippen molar-refractivity contribution in [2.45, 2.75) is 35.7 Å². The molecule has 0 amide bonds. The van der Waals surface area contributed by atoms with Crippen LogP contribution in [0.1, 0.15) is 39.6 Å². The molecule has 0 unspecified atom stereocenters. The van der Waals surface area contributed by atoms with Gasteiger partial charge in [-0.1, -0.05) is 182 Å². The highest BCUT2D eigenvalue weighted by molar-refractivity contribution is 5.84. The number of aromatic nitrogens is 4. The monoisotopic (exact) mass is 753 g/mol. The number of alkyl halides is 1. The number of ether oxygens (including phenoxy) is 2. The number of aliphatic hydroxyl groups is 1. The third-order valence-corrected chi connectivity index (χ3v) is 10.9. The standard InChI is InChI=1S/C48H40FN5O3/c49-41-43(55)40(31-56-48(37-25-13-4-14-26-37,38-27-15-5-16-28-38)39-29-17-6-18-30-39)57-46(41)54-33-52-42-44(50-32-51-45(42)54)53-47(34-19-7-1-8-20-34,35-21-9-2-10-22-35)36-23-11-3-12-24-36/h1-30,32-33,40-41,43,46,55H,31H2,(H,50,51,53)/t40-,41+,43-,46-/m1/s1. The van der Waals surface area contributed by atoms with E-state index in [0.717, 1.165) is 33.4 Å². The number of hydrogen-bond donors (Lipinski definition) is 2. The van der Waals surface area contributed by atoms with Gasteiger partial charge in [-0.05, 0) is 33.4 Å². The second-order valence-electron chi connectivity index (χ2n) is 14.1. The van der Waals surface area contributed by atoms with Gasteiger partial charge >= 0.3 is 0 Å². The lowest BCUT2D eigenvalue weighted by Crippen LogP contribution is -2.39. The van der Waals surface area contributed by atoms with Crippen molar-refractivity contribution in [2.75, 3.05) is 11.9 Å².